The summed E-state index contributed by atoms with van der Waals surface area (Å²) in [6.45, 7) is 0. The number of hydrogen-bond acceptors (Lipinski definition) is 1. The second kappa shape index (κ2) is 9.81. The average Bonchev–Trinajstić information content (AvgIpc) is 3.95. The SMILES string of the molecule is c1ccc(N(c2ccccc2)c2cc3ccccc3c3c4c5ccccc5cc5c6c7c8cccc9c%10ccccc%10n(c7ccc6n(c23)c54)c98)cc1. The fraction of sp³-hybridized carbons (Fsp3) is 0. The quantitative estimate of drug-likeness (QED) is 0.182. The molecule has 0 amide bonds. The van der Waals surface area contributed by atoms with Crippen LogP contribution in [0.1, 0.15) is 0 Å². The van der Waals surface area contributed by atoms with Crippen LogP contribution < -0.4 is 4.90 Å². The molecule has 244 valence electrons. The average molecular weight is 672 g/mol. The Hall–Kier alpha value is -7.10. The van der Waals surface area contributed by atoms with E-state index in [1.54, 1.807) is 0 Å². The van der Waals surface area contributed by atoms with Gasteiger partial charge in [0.1, 0.15) is 0 Å². The van der Waals surface area contributed by atoms with E-state index in [1.165, 1.54) is 97.7 Å². The molecule has 0 saturated carbocycles. The van der Waals surface area contributed by atoms with Gasteiger partial charge in [-0.05, 0) is 76.1 Å². The van der Waals surface area contributed by atoms with Gasteiger partial charge in [0.05, 0.1) is 38.8 Å². The lowest BCUT2D eigenvalue weighted by molar-refractivity contribution is 1.27. The third kappa shape index (κ3) is 3.36. The van der Waals surface area contributed by atoms with Gasteiger partial charge in [0.2, 0.25) is 0 Å². The Morgan fingerprint density at radius 1 is 0.302 bits per heavy atom. The van der Waals surface area contributed by atoms with Crippen LogP contribution in [-0.2, 0) is 0 Å². The van der Waals surface area contributed by atoms with Crippen molar-refractivity contribution in [3.05, 3.63) is 176 Å². The van der Waals surface area contributed by atoms with Crippen molar-refractivity contribution < 1.29 is 0 Å². The standard InChI is InChI=1S/C50H29N3/c1-3-16-32(17-4-1)51(33-18-5-2-6-19-33)43-29-31-15-8-10-21-35(31)47-46-34-20-9-7-14-30(34)28-39-45-42(53(49(39)46)50(43)47)27-26-41-44(45)38-24-13-23-37-36-22-11-12-25-40(36)52(41)48(37)38/h1-29H. The topological polar surface area (TPSA) is 12.1 Å². The highest BCUT2D eigenvalue weighted by Crippen LogP contribution is 2.52. The molecule has 4 heterocycles. The number of fused-ring (bicyclic) bond motifs is 17. The molecule has 3 nitrogen and oxygen atoms in total. The molecule has 0 saturated heterocycles. The smallest absolute Gasteiger partial charge is 0.0789 e. The maximum absolute atomic E-state index is 2.61. The largest absolute Gasteiger partial charge is 0.308 e. The van der Waals surface area contributed by atoms with Gasteiger partial charge in [0.25, 0.3) is 0 Å². The van der Waals surface area contributed by atoms with E-state index in [-0.39, 0.29) is 0 Å². The zero-order valence-electron chi connectivity index (χ0n) is 28.6. The van der Waals surface area contributed by atoms with Crippen molar-refractivity contribution in [2.45, 2.75) is 0 Å². The van der Waals surface area contributed by atoms with Gasteiger partial charge in [-0.3, -0.25) is 0 Å². The molecule has 0 aliphatic rings. The molecule has 9 aromatic carbocycles. The van der Waals surface area contributed by atoms with Crippen molar-refractivity contribution in [1.29, 1.82) is 0 Å². The minimum absolute atomic E-state index is 1.13. The third-order valence-electron chi connectivity index (χ3n) is 11.9. The van der Waals surface area contributed by atoms with Crippen LogP contribution in [0.25, 0.3) is 97.7 Å². The zero-order valence-corrected chi connectivity index (χ0v) is 28.6. The van der Waals surface area contributed by atoms with Crippen LogP contribution in [0.3, 0.4) is 0 Å². The number of anilines is 3. The summed E-state index contributed by atoms with van der Waals surface area (Å²) in [5, 5.41) is 15.5. The van der Waals surface area contributed by atoms with Crippen LogP contribution >= 0.6 is 0 Å². The van der Waals surface area contributed by atoms with Gasteiger partial charge in [0, 0.05) is 54.5 Å². The van der Waals surface area contributed by atoms with Gasteiger partial charge < -0.3 is 13.7 Å². The fourth-order valence-corrected chi connectivity index (χ4v) is 9.89. The normalized spacial score (nSPS) is 12.5. The van der Waals surface area contributed by atoms with Gasteiger partial charge >= 0.3 is 0 Å². The summed E-state index contributed by atoms with van der Waals surface area (Å²) in [4.78, 5) is 2.45. The predicted molar refractivity (Wildman–Crippen MR) is 225 cm³/mol. The maximum Gasteiger partial charge on any atom is 0.0789 e. The molecule has 0 atom stereocenters. The number of rotatable bonds is 3. The maximum atomic E-state index is 2.61. The van der Waals surface area contributed by atoms with Crippen molar-refractivity contribution in [2.24, 2.45) is 0 Å². The Morgan fingerprint density at radius 2 is 0.830 bits per heavy atom. The molecule has 3 heteroatoms. The van der Waals surface area contributed by atoms with E-state index in [0.29, 0.717) is 0 Å². The van der Waals surface area contributed by atoms with Crippen molar-refractivity contribution in [3.8, 4) is 0 Å². The first-order chi connectivity index (χ1) is 26.3. The highest BCUT2D eigenvalue weighted by atomic mass is 15.2. The van der Waals surface area contributed by atoms with E-state index in [9.17, 15) is 0 Å². The van der Waals surface area contributed by atoms with Crippen LogP contribution in [0.2, 0.25) is 0 Å². The molecule has 0 spiro atoms. The minimum atomic E-state index is 1.13. The fourth-order valence-electron chi connectivity index (χ4n) is 9.89. The molecule has 13 aromatic rings. The Balaban J connectivity index is 1.33. The summed E-state index contributed by atoms with van der Waals surface area (Å²) < 4.78 is 5.11. The molecule has 53 heavy (non-hydrogen) atoms. The van der Waals surface area contributed by atoms with E-state index in [0.717, 1.165) is 17.1 Å². The van der Waals surface area contributed by atoms with Crippen LogP contribution in [0.15, 0.2) is 176 Å². The molecule has 0 N–H and O–H groups in total. The number of benzene rings is 9. The molecule has 0 aliphatic heterocycles. The van der Waals surface area contributed by atoms with Crippen molar-refractivity contribution in [1.82, 2.24) is 8.80 Å². The van der Waals surface area contributed by atoms with Crippen molar-refractivity contribution in [3.63, 3.8) is 0 Å². The second-order valence-corrected chi connectivity index (χ2v) is 14.5. The minimum Gasteiger partial charge on any atom is -0.308 e. The highest BCUT2D eigenvalue weighted by Gasteiger charge is 2.28. The number of nitrogens with zero attached hydrogens (tertiary/aromatic N) is 3. The number of para-hydroxylation sites is 4. The number of aromatic nitrogens is 2. The molecule has 0 unspecified atom stereocenters. The predicted octanol–water partition coefficient (Wildman–Crippen LogP) is 13.8. The summed E-state index contributed by atoms with van der Waals surface area (Å²) in [7, 11) is 0. The summed E-state index contributed by atoms with van der Waals surface area (Å²) in [5.41, 5.74) is 11.0. The van der Waals surface area contributed by atoms with E-state index < -0.39 is 0 Å². The monoisotopic (exact) mass is 671 g/mol. The Morgan fingerprint density at radius 3 is 1.55 bits per heavy atom. The summed E-state index contributed by atoms with van der Waals surface area (Å²) in [6.07, 6.45) is 0. The van der Waals surface area contributed by atoms with Gasteiger partial charge in [-0.2, -0.15) is 0 Å². The van der Waals surface area contributed by atoms with Crippen LogP contribution in [0, 0.1) is 0 Å². The number of hydrogen-bond donors (Lipinski definition) is 0. The molecular weight excluding hydrogens is 643 g/mol. The summed E-state index contributed by atoms with van der Waals surface area (Å²) >= 11 is 0. The first-order valence-electron chi connectivity index (χ1n) is 18.4. The van der Waals surface area contributed by atoms with E-state index >= 15 is 0 Å². The van der Waals surface area contributed by atoms with Gasteiger partial charge in [-0.15, -0.1) is 0 Å². The Bertz CT molecular complexity index is 3570. The van der Waals surface area contributed by atoms with Crippen molar-refractivity contribution >= 4 is 115 Å². The van der Waals surface area contributed by atoms with Crippen molar-refractivity contribution in [2.75, 3.05) is 4.90 Å². The molecular formula is C50H29N3. The third-order valence-corrected chi connectivity index (χ3v) is 11.9. The van der Waals surface area contributed by atoms with Crippen LogP contribution in [0.4, 0.5) is 17.1 Å². The van der Waals surface area contributed by atoms with E-state index in [4.69, 9.17) is 0 Å². The Labute approximate surface area is 303 Å². The lowest BCUT2D eigenvalue weighted by Gasteiger charge is -2.27. The van der Waals surface area contributed by atoms with Gasteiger partial charge in [-0.1, -0.05) is 121 Å². The Kier molecular flexibility index (Phi) is 5.11. The second-order valence-electron chi connectivity index (χ2n) is 14.5. The van der Waals surface area contributed by atoms with Crippen LogP contribution in [0.5, 0.6) is 0 Å². The lowest BCUT2D eigenvalue weighted by atomic mass is 9.95. The van der Waals surface area contributed by atoms with E-state index in [2.05, 4.69) is 190 Å². The van der Waals surface area contributed by atoms with Gasteiger partial charge in [0.15, 0.2) is 0 Å². The molecule has 4 aromatic heterocycles. The van der Waals surface area contributed by atoms with Crippen LogP contribution in [-0.4, -0.2) is 8.80 Å². The summed E-state index contributed by atoms with van der Waals surface area (Å²) in [6, 6.07) is 64.9. The molecule has 0 aliphatic carbocycles. The molecule has 13 rings (SSSR count). The lowest BCUT2D eigenvalue weighted by Crippen LogP contribution is -2.11. The van der Waals surface area contributed by atoms with E-state index in [1.807, 2.05) is 0 Å². The highest BCUT2D eigenvalue weighted by molar-refractivity contribution is 6.41. The first kappa shape index (κ1) is 27.6. The molecule has 0 fully saturated rings. The first-order valence-corrected chi connectivity index (χ1v) is 18.4. The zero-order chi connectivity index (χ0) is 34.4. The summed E-state index contributed by atoms with van der Waals surface area (Å²) in [5.74, 6) is 0. The van der Waals surface area contributed by atoms with Gasteiger partial charge in [-0.25, -0.2) is 0 Å². The molecule has 0 bridgehead atoms. The molecule has 0 radical (unpaired) electrons.